The Morgan fingerprint density at radius 3 is 2.32 bits per heavy atom. The zero-order valence-corrected chi connectivity index (χ0v) is 22.8. The lowest BCUT2D eigenvalue weighted by atomic mass is 10.1. The number of nitrogens with one attached hydrogen (secondary N) is 1. The Hall–Kier alpha value is -3.52. The number of hydrogen-bond acceptors (Lipinski definition) is 5. The van der Waals surface area contributed by atoms with Crippen molar-refractivity contribution in [1.29, 1.82) is 0 Å². The molecule has 0 saturated carbocycles. The molecule has 0 fully saturated rings. The van der Waals surface area contributed by atoms with Gasteiger partial charge in [-0.3, -0.25) is 9.10 Å². The van der Waals surface area contributed by atoms with E-state index in [2.05, 4.69) is 5.32 Å². The van der Waals surface area contributed by atoms with Crippen molar-refractivity contribution in [3.63, 3.8) is 0 Å². The van der Waals surface area contributed by atoms with Gasteiger partial charge in [-0.2, -0.15) is 0 Å². The van der Waals surface area contributed by atoms with Gasteiger partial charge >= 0.3 is 0 Å². The van der Waals surface area contributed by atoms with E-state index in [1.54, 1.807) is 48.5 Å². The van der Waals surface area contributed by atoms with E-state index in [0.717, 1.165) is 27.6 Å². The van der Waals surface area contributed by atoms with Crippen LogP contribution >= 0.6 is 0 Å². The Kier molecular flexibility index (Phi) is 9.97. The van der Waals surface area contributed by atoms with E-state index in [9.17, 15) is 13.2 Å². The molecule has 3 rings (SSSR count). The molecule has 0 bridgehead atoms. The number of nitrogens with zero attached hydrogens (tertiary/aromatic N) is 1. The van der Waals surface area contributed by atoms with Crippen LogP contribution in [0.1, 0.15) is 38.3 Å². The molecule has 0 heterocycles. The molecule has 8 heteroatoms. The van der Waals surface area contributed by atoms with Crippen LogP contribution in [-0.4, -0.2) is 40.1 Å². The lowest BCUT2D eigenvalue weighted by Crippen LogP contribution is -2.41. The molecule has 0 unspecified atom stereocenters. The van der Waals surface area contributed by atoms with E-state index in [1.165, 1.54) is 0 Å². The quantitative estimate of drug-likeness (QED) is 0.314. The van der Waals surface area contributed by atoms with E-state index < -0.39 is 10.0 Å². The van der Waals surface area contributed by atoms with Crippen molar-refractivity contribution in [2.75, 3.05) is 24.0 Å². The minimum Gasteiger partial charge on any atom is -0.494 e. The number of anilines is 1. The number of ether oxygens (including phenoxy) is 2. The predicted molar refractivity (Wildman–Crippen MR) is 147 cm³/mol. The normalized spacial score (nSPS) is 11.3. The summed E-state index contributed by atoms with van der Waals surface area (Å²) in [5.41, 5.74) is 2.46. The second-order valence-electron chi connectivity index (χ2n) is 9.02. The monoisotopic (exact) mass is 524 g/mol. The minimum absolute atomic E-state index is 0.101. The van der Waals surface area contributed by atoms with Gasteiger partial charge in [-0.05, 0) is 94.6 Å². The zero-order chi connectivity index (χ0) is 26.8. The Balaban J connectivity index is 1.67. The molecule has 0 aliphatic carbocycles. The van der Waals surface area contributed by atoms with Crippen molar-refractivity contribution < 1.29 is 22.7 Å². The number of hydrogen-bond donors (Lipinski definition) is 1. The standard InChI is InChI=1S/C29H36N2O5S/c1-5-35-26-15-13-25(14-16-26)31(37(33,34)28-17-11-23(4)12-18-28)21-29(32)30-19-7-9-24-8-6-10-27(20-24)36-22(2)3/h6,8,10-18,20,22H,5,7,9,19,21H2,1-4H3,(H,30,32). The van der Waals surface area contributed by atoms with E-state index >= 15 is 0 Å². The Morgan fingerprint density at radius 1 is 0.973 bits per heavy atom. The van der Waals surface area contributed by atoms with E-state index in [1.807, 2.05) is 52.0 Å². The highest BCUT2D eigenvalue weighted by molar-refractivity contribution is 7.92. The first-order chi connectivity index (χ1) is 17.7. The molecule has 3 aromatic rings. The highest BCUT2D eigenvalue weighted by atomic mass is 32.2. The van der Waals surface area contributed by atoms with Crippen molar-refractivity contribution in [3.05, 3.63) is 83.9 Å². The van der Waals surface area contributed by atoms with Gasteiger partial charge in [-0.1, -0.05) is 29.8 Å². The van der Waals surface area contributed by atoms with Crippen molar-refractivity contribution in [3.8, 4) is 11.5 Å². The number of benzene rings is 3. The fraction of sp³-hybridized carbons (Fsp3) is 0.345. The van der Waals surface area contributed by atoms with E-state index in [4.69, 9.17) is 9.47 Å². The Bertz CT molecular complexity index is 1260. The molecule has 0 aromatic heterocycles. The van der Waals surface area contributed by atoms with Crippen molar-refractivity contribution in [1.82, 2.24) is 5.32 Å². The highest BCUT2D eigenvalue weighted by Crippen LogP contribution is 2.26. The molecule has 0 saturated heterocycles. The number of carbonyl (C=O) groups is 1. The van der Waals surface area contributed by atoms with Crippen LogP contribution in [0.15, 0.2) is 77.7 Å². The van der Waals surface area contributed by atoms with Gasteiger partial charge in [0.15, 0.2) is 0 Å². The first-order valence-corrected chi connectivity index (χ1v) is 14.0. The van der Waals surface area contributed by atoms with Crippen LogP contribution in [0, 0.1) is 6.92 Å². The summed E-state index contributed by atoms with van der Waals surface area (Å²) in [7, 11) is -3.96. The van der Waals surface area contributed by atoms with Gasteiger partial charge in [0.05, 0.1) is 23.3 Å². The summed E-state index contributed by atoms with van der Waals surface area (Å²) in [5.74, 6) is 1.08. The number of aryl methyl sites for hydroxylation is 2. The third-order valence-corrected chi connectivity index (χ3v) is 7.35. The fourth-order valence-electron chi connectivity index (χ4n) is 3.78. The summed E-state index contributed by atoms with van der Waals surface area (Å²) < 4.78 is 39.4. The van der Waals surface area contributed by atoms with Crippen molar-refractivity contribution in [2.45, 2.75) is 51.5 Å². The minimum atomic E-state index is -3.96. The smallest absolute Gasteiger partial charge is 0.264 e. The number of rotatable bonds is 13. The highest BCUT2D eigenvalue weighted by Gasteiger charge is 2.27. The van der Waals surface area contributed by atoms with Crippen LogP contribution in [0.4, 0.5) is 5.69 Å². The number of carbonyl (C=O) groups excluding carboxylic acids is 1. The molecule has 37 heavy (non-hydrogen) atoms. The topological polar surface area (TPSA) is 84.9 Å². The SMILES string of the molecule is CCOc1ccc(N(CC(=O)NCCCc2cccc(OC(C)C)c2)S(=O)(=O)c2ccc(C)cc2)cc1. The van der Waals surface area contributed by atoms with Crippen LogP contribution in [0.5, 0.6) is 11.5 Å². The molecule has 3 aromatic carbocycles. The van der Waals surface area contributed by atoms with Crippen molar-refractivity contribution in [2.24, 2.45) is 0 Å². The lowest BCUT2D eigenvalue weighted by molar-refractivity contribution is -0.119. The molecular formula is C29H36N2O5S. The second-order valence-corrected chi connectivity index (χ2v) is 10.9. The van der Waals surface area contributed by atoms with Gasteiger partial charge in [0, 0.05) is 6.54 Å². The Labute approximate surface area is 220 Å². The second kappa shape index (κ2) is 13.1. The van der Waals surface area contributed by atoms with Crippen LogP contribution in [-0.2, 0) is 21.2 Å². The van der Waals surface area contributed by atoms with Crippen LogP contribution in [0.25, 0.3) is 0 Å². The fourth-order valence-corrected chi connectivity index (χ4v) is 5.20. The van der Waals surface area contributed by atoms with Crippen LogP contribution in [0.2, 0.25) is 0 Å². The molecule has 0 aliphatic heterocycles. The van der Waals surface area contributed by atoms with E-state index in [0.29, 0.717) is 31.0 Å². The van der Waals surface area contributed by atoms with Crippen LogP contribution < -0.4 is 19.1 Å². The molecule has 1 N–H and O–H groups in total. The molecule has 198 valence electrons. The largest absolute Gasteiger partial charge is 0.494 e. The number of amides is 1. The predicted octanol–water partition coefficient (Wildman–Crippen LogP) is 5.13. The first-order valence-electron chi connectivity index (χ1n) is 12.5. The lowest BCUT2D eigenvalue weighted by Gasteiger charge is -2.24. The zero-order valence-electron chi connectivity index (χ0n) is 21.9. The van der Waals surface area contributed by atoms with Gasteiger partial charge < -0.3 is 14.8 Å². The Morgan fingerprint density at radius 2 is 1.68 bits per heavy atom. The van der Waals surface area contributed by atoms with Gasteiger partial charge in [0.2, 0.25) is 5.91 Å². The molecular weight excluding hydrogens is 488 g/mol. The summed E-state index contributed by atoms with van der Waals surface area (Å²) in [5, 5.41) is 2.86. The average molecular weight is 525 g/mol. The average Bonchev–Trinajstić information content (AvgIpc) is 2.86. The van der Waals surface area contributed by atoms with Gasteiger partial charge in [-0.25, -0.2) is 8.42 Å². The van der Waals surface area contributed by atoms with E-state index in [-0.39, 0.29) is 23.5 Å². The summed E-state index contributed by atoms with van der Waals surface area (Å²) in [6.07, 6.45) is 1.58. The molecule has 7 nitrogen and oxygen atoms in total. The molecule has 0 atom stereocenters. The first kappa shape index (κ1) is 28.1. The summed E-state index contributed by atoms with van der Waals surface area (Å²) in [6.45, 7) is 8.33. The number of sulfonamides is 1. The molecule has 0 aliphatic rings. The molecule has 0 radical (unpaired) electrons. The maximum absolute atomic E-state index is 13.5. The molecule has 0 spiro atoms. The van der Waals surface area contributed by atoms with Crippen molar-refractivity contribution >= 4 is 21.6 Å². The maximum Gasteiger partial charge on any atom is 0.264 e. The summed E-state index contributed by atoms with van der Waals surface area (Å²) in [6, 6.07) is 21.2. The maximum atomic E-state index is 13.5. The summed E-state index contributed by atoms with van der Waals surface area (Å²) in [4.78, 5) is 13.0. The molecule has 1 amide bonds. The van der Waals surface area contributed by atoms with Gasteiger partial charge in [0.25, 0.3) is 10.0 Å². The van der Waals surface area contributed by atoms with Gasteiger partial charge in [0.1, 0.15) is 18.0 Å². The van der Waals surface area contributed by atoms with Crippen LogP contribution in [0.3, 0.4) is 0 Å². The third kappa shape index (κ3) is 8.25. The third-order valence-electron chi connectivity index (χ3n) is 5.57. The van der Waals surface area contributed by atoms with Gasteiger partial charge in [-0.15, -0.1) is 0 Å². The summed E-state index contributed by atoms with van der Waals surface area (Å²) >= 11 is 0.